The average molecular weight is 468 g/mol. The van der Waals surface area contributed by atoms with Crippen LogP contribution in [0.3, 0.4) is 0 Å². The number of carboxylic acid groups (broad SMARTS) is 1. The summed E-state index contributed by atoms with van der Waals surface area (Å²) in [5.74, 6) is -1.21. The molecular formula is C25H24O9. The summed E-state index contributed by atoms with van der Waals surface area (Å²) in [6, 6.07) is 14.8. The normalized spacial score (nSPS) is 10.5. The fourth-order valence-electron chi connectivity index (χ4n) is 2.95. The summed E-state index contributed by atoms with van der Waals surface area (Å²) in [7, 11) is 0. The van der Waals surface area contributed by atoms with Crippen LogP contribution in [-0.2, 0) is 0 Å². The topological polar surface area (TPSA) is 132 Å². The molecule has 0 spiro atoms. The highest BCUT2D eigenvalue weighted by atomic mass is 16.5. The molecule has 3 aromatic rings. The smallest absolute Gasteiger partial charge is 0.371 e. The van der Waals surface area contributed by atoms with Gasteiger partial charge in [0.25, 0.3) is 0 Å². The molecule has 0 bridgehead atoms. The first-order valence-corrected chi connectivity index (χ1v) is 10.7. The van der Waals surface area contributed by atoms with Gasteiger partial charge in [-0.3, -0.25) is 0 Å². The molecule has 0 amide bonds. The Labute approximate surface area is 195 Å². The van der Waals surface area contributed by atoms with E-state index < -0.39 is 23.3 Å². The third kappa shape index (κ3) is 7.70. The zero-order chi connectivity index (χ0) is 24.3. The summed E-state index contributed by atoms with van der Waals surface area (Å²) in [6.45, 7) is 1.15. The molecule has 0 saturated heterocycles. The van der Waals surface area contributed by atoms with Crippen molar-refractivity contribution in [1.29, 1.82) is 0 Å². The van der Waals surface area contributed by atoms with Gasteiger partial charge in [0.1, 0.15) is 23.0 Å². The van der Waals surface area contributed by atoms with Gasteiger partial charge in [0.15, 0.2) is 0 Å². The quantitative estimate of drug-likeness (QED) is 0.227. The van der Waals surface area contributed by atoms with E-state index in [1.165, 1.54) is 12.1 Å². The van der Waals surface area contributed by atoms with Crippen molar-refractivity contribution in [3.8, 4) is 23.0 Å². The highest BCUT2D eigenvalue weighted by Crippen LogP contribution is 2.20. The van der Waals surface area contributed by atoms with Crippen LogP contribution in [0.5, 0.6) is 23.0 Å². The van der Waals surface area contributed by atoms with Gasteiger partial charge in [0.05, 0.1) is 18.8 Å². The van der Waals surface area contributed by atoms with Gasteiger partial charge in [-0.15, -0.1) is 0 Å². The lowest BCUT2D eigenvalue weighted by molar-refractivity contribution is 0.0656. The van der Waals surface area contributed by atoms with E-state index in [0.717, 1.165) is 43.6 Å². The Morgan fingerprint density at radius 2 is 1.29 bits per heavy atom. The van der Waals surface area contributed by atoms with Crippen LogP contribution in [0.15, 0.2) is 69.9 Å². The van der Waals surface area contributed by atoms with E-state index in [-0.39, 0.29) is 17.1 Å². The molecular weight excluding hydrogens is 444 g/mol. The number of phenols is 1. The lowest BCUT2D eigenvalue weighted by atomic mass is 10.2. The molecule has 2 N–H and O–H groups in total. The van der Waals surface area contributed by atoms with Gasteiger partial charge in [-0.25, -0.2) is 14.4 Å². The minimum atomic E-state index is -1.46. The number of phenolic OH excluding ortho intramolecular Hbond substituents is 1. The molecule has 3 rings (SSSR count). The first-order chi connectivity index (χ1) is 16.4. The molecule has 0 saturated carbocycles. The first kappa shape index (κ1) is 24.4. The van der Waals surface area contributed by atoms with Gasteiger partial charge in [0, 0.05) is 12.1 Å². The fraction of sp³-hybridized carbons (Fsp3) is 0.240. The predicted molar refractivity (Wildman–Crippen MR) is 121 cm³/mol. The maximum absolute atomic E-state index is 12.2. The number of rotatable bonds is 12. The Hall–Kier alpha value is -4.27. The Balaban J connectivity index is 1.34. The summed E-state index contributed by atoms with van der Waals surface area (Å²) in [4.78, 5) is 34.6. The number of aromatic hydroxyl groups is 1. The van der Waals surface area contributed by atoms with Gasteiger partial charge in [-0.2, -0.15) is 0 Å². The second kappa shape index (κ2) is 12.1. The highest BCUT2D eigenvalue weighted by Gasteiger charge is 2.15. The summed E-state index contributed by atoms with van der Waals surface area (Å²) in [5.41, 5.74) is -1.18. The van der Waals surface area contributed by atoms with Gasteiger partial charge >= 0.3 is 17.6 Å². The summed E-state index contributed by atoms with van der Waals surface area (Å²) in [5, 5.41) is 18.2. The molecule has 1 aromatic heterocycles. The largest absolute Gasteiger partial charge is 0.508 e. The van der Waals surface area contributed by atoms with Gasteiger partial charge < -0.3 is 28.8 Å². The molecule has 0 radical (unpaired) electrons. The summed E-state index contributed by atoms with van der Waals surface area (Å²) >= 11 is 0. The zero-order valence-electron chi connectivity index (χ0n) is 18.3. The molecule has 0 atom stereocenters. The Morgan fingerprint density at radius 1 is 0.765 bits per heavy atom. The predicted octanol–water partition coefficient (Wildman–Crippen LogP) is 4.28. The molecule has 0 fully saturated rings. The number of unbranched alkanes of at least 4 members (excludes halogenated alkanes) is 3. The summed E-state index contributed by atoms with van der Waals surface area (Å²) < 4.78 is 21.0. The van der Waals surface area contributed by atoms with Crippen molar-refractivity contribution in [2.24, 2.45) is 0 Å². The molecule has 9 heteroatoms. The van der Waals surface area contributed by atoms with Crippen LogP contribution in [-0.4, -0.2) is 35.4 Å². The van der Waals surface area contributed by atoms with Crippen molar-refractivity contribution in [3.05, 3.63) is 82.4 Å². The molecule has 0 aliphatic rings. The Morgan fingerprint density at radius 3 is 1.85 bits per heavy atom. The number of carboxylic acids is 1. The lowest BCUT2D eigenvalue weighted by Crippen LogP contribution is -2.14. The maximum atomic E-state index is 12.2. The molecule has 34 heavy (non-hydrogen) atoms. The number of benzene rings is 2. The van der Waals surface area contributed by atoms with E-state index in [1.54, 1.807) is 36.4 Å². The van der Waals surface area contributed by atoms with E-state index in [0.29, 0.717) is 19.0 Å². The molecule has 0 unspecified atom stereocenters. The number of hydrogen-bond donors (Lipinski definition) is 2. The number of esters is 1. The minimum Gasteiger partial charge on any atom is -0.508 e. The number of aromatic carboxylic acids is 1. The van der Waals surface area contributed by atoms with Crippen LogP contribution in [0.25, 0.3) is 0 Å². The number of hydrogen-bond acceptors (Lipinski definition) is 8. The van der Waals surface area contributed by atoms with Crippen LogP contribution >= 0.6 is 0 Å². The van der Waals surface area contributed by atoms with Crippen LogP contribution in [0, 0.1) is 0 Å². The van der Waals surface area contributed by atoms with Gasteiger partial charge in [0.2, 0.25) is 5.76 Å². The van der Waals surface area contributed by atoms with Crippen molar-refractivity contribution < 1.29 is 38.4 Å². The molecule has 0 aliphatic heterocycles. The fourth-order valence-corrected chi connectivity index (χ4v) is 2.95. The molecule has 1 heterocycles. The second-order valence-corrected chi connectivity index (χ2v) is 7.30. The SMILES string of the molecule is O=C(Oc1ccc(OCCCCCCOc2ccc(O)cc2)cc1)c1cc(C(=O)O)oc(=O)c1. The van der Waals surface area contributed by atoms with Crippen molar-refractivity contribution in [2.45, 2.75) is 25.7 Å². The average Bonchev–Trinajstić information content (AvgIpc) is 2.82. The Kier molecular flexibility index (Phi) is 8.67. The van der Waals surface area contributed by atoms with Crippen LogP contribution in [0.1, 0.15) is 46.6 Å². The zero-order valence-corrected chi connectivity index (χ0v) is 18.3. The third-order valence-corrected chi connectivity index (χ3v) is 4.66. The monoisotopic (exact) mass is 468 g/mol. The van der Waals surface area contributed by atoms with Crippen molar-refractivity contribution >= 4 is 11.9 Å². The van der Waals surface area contributed by atoms with E-state index >= 15 is 0 Å². The number of carbonyl (C=O) groups excluding carboxylic acids is 1. The minimum absolute atomic E-state index is 0.210. The number of ether oxygens (including phenoxy) is 3. The van der Waals surface area contributed by atoms with E-state index in [1.807, 2.05) is 0 Å². The van der Waals surface area contributed by atoms with Crippen LogP contribution < -0.4 is 19.8 Å². The van der Waals surface area contributed by atoms with Crippen LogP contribution in [0.4, 0.5) is 0 Å². The lowest BCUT2D eigenvalue weighted by Gasteiger charge is -2.08. The maximum Gasteiger partial charge on any atom is 0.371 e. The van der Waals surface area contributed by atoms with E-state index in [4.69, 9.17) is 19.3 Å². The standard InChI is InChI=1S/C25H24O9/c26-18-5-7-19(8-6-18)31-13-3-1-2-4-14-32-20-9-11-21(12-10-20)33-25(30)17-15-22(24(28)29)34-23(27)16-17/h5-12,15-16,26H,1-4,13-14H2,(H,28,29). The first-order valence-electron chi connectivity index (χ1n) is 10.7. The molecule has 178 valence electrons. The van der Waals surface area contributed by atoms with Crippen molar-refractivity contribution in [3.63, 3.8) is 0 Å². The molecule has 2 aromatic carbocycles. The molecule has 0 aliphatic carbocycles. The van der Waals surface area contributed by atoms with Crippen molar-refractivity contribution in [2.75, 3.05) is 13.2 Å². The van der Waals surface area contributed by atoms with Gasteiger partial charge in [-0.05, 0) is 74.2 Å². The van der Waals surface area contributed by atoms with Gasteiger partial charge in [-0.1, -0.05) is 0 Å². The van der Waals surface area contributed by atoms with E-state index in [9.17, 15) is 19.5 Å². The van der Waals surface area contributed by atoms with E-state index in [2.05, 4.69) is 4.42 Å². The van der Waals surface area contributed by atoms with Crippen molar-refractivity contribution in [1.82, 2.24) is 0 Å². The highest BCUT2D eigenvalue weighted by molar-refractivity contribution is 5.93. The van der Waals surface area contributed by atoms with Crippen LogP contribution in [0.2, 0.25) is 0 Å². The summed E-state index contributed by atoms with van der Waals surface area (Å²) in [6.07, 6.45) is 3.77. The molecule has 9 nitrogen and oxygen atoms in total. The second-order valence-electron chi connectivity index (χ2n) is 7.30. The Bertz CT molecular complexity index is 1150. The number of carbonyl (C=O) groups is 2. The third-order valence-electron chi connectivity index (χ3n) is 4.66.